The monoisotopic (exact) mass is 246 g/mol. The summed E-state index contributed by atoms with van der Waals surface area (Å²) in [5.41, 5.74) is 6.16. The minimum Gasteiger partial charge on any atom is -0.366 e. The van der Waals surface area contributed by atoms with Crippen LogP contribution in [-0.2, 0) is 4.79 Å². The summed E-state index contributed by atoms with van der Waals surface area (Å²) in [5.74, 6) is -0.447. The van der Waals surface area contributed by atoms with Crippen LogP contribution in [0.5, 0.6) is 0 Å². The van der Waals surface area contributed by atoms with Crippen molar-refractivity contribution in [1.29, 1.82) is 0 Å². The van der Waals surface area contributed by atoms with Gasteiger partial charge < -0.3 is 11.1 Å². The van der Waals surface area contributed by atoms with Crippen LogP contribution in [0, 0.1) is 5.92 Å². The van der Waals surface area contributed by atoms with Crippen LogP contribution in [0.1, 0.15) is 42.5 Å². The first-order valence-corrected chi connectivity index (χ1v) is 6.38. The summed E-state index contributed by atoms with van der Waals surface area (Å²) < 4.78 is 0. The van der Waals surface area contributed by atoms with Gasteiger partial charge >= 0.3 is 0 Å². The quantitative estimate of drug-likeness (QED) is 0.859. The Hall–Kier alpha value is -1.84. The molecule has 0 spiro atoms. The third-order valence-corrected chi connectivity index (χ3v) is 3.43. The normalized spacial score (nSPS) is 16.2. The van der Waals surface area contributed by atoms with Crippen LogP contribution in [0.2, 0.25) is 0 Å². The Bertz CT molecular complexity index is 451. The van der Waals surface area contributed by atoms with E-state index in [9.17, 15) is 9.59 Å². The molecule has 0 heterocycles. The van der Waals surface area contributed by atoms with E-state index in [4.69, 9.17) is 5.73 Å². The summed E-state index contributed by atoms with van der Waals surface area (Å²) in [5, 5.41) is 2.82. The van der Waals surface area contributed by atoms with Gasteiger partial charge in [0.05, 0.1) is 11.3 Å². The molecule has 4 heteroatoms. The lowest BCUT2D eigenvalue weighted by molar-refractivity contribution is -0.120. The van der Waals surface area contributed by atoms with Crippen LogP contribution in [0.15, 0.2) is 24.3 Å². The largest absolute Gasteiger partial charge is 0.366 e. The van der Waals surface area contributed by atoms with E-state index in [1.807, 2.05) is 0 Å². The molecule has 0 saturated heterocycles. The van der Waals surface area contributed by atoms with Gasteiger partial charge in [0.2, 0.25) is 5.91 Å². The van der Waals surface area contributed by atoms with Crippen molar-refractivity contribution < 1.29 is 9.59 Å². The molecule has 1 aliphatic rings. The average molecular weight is 246 g/mol. The SMILES string of the molecule is NC(=O)c1ccccc1NC(=O)C1CCCCC1. The first-order chi connectivity index (χ1) is 8.68. The molecule has 2 amide bonds. The Morgan fingerprint density at radius 1 is 1.11 bits per heavy atom. The fraction of sp³-hybridized carbons (Fsp3) is 0.429. The van der Waals surface area contributed by atoms with Crippen LogP contribution in [0.3, 0.4) is 0 Å². The highest BCUT2D eigenvalue weighted by atomic mass is 16.2. The van der Waals surface area contributed by atoms with Crippen molar-refractivity contribution in [3.63, 3.8) is 0 Å². The average Bonchev–Trinajstić information content (AvgIpc) is 2.40. The van der Waals surface area contributed by atoms with Gasteiger partial charge in [-0.25, -0.2) is 0 Å². The Morgan fingerprint density at radius 3 is 2.44 bits per heavy atom. The number of carbonyl (C=O) groups is 2. The number of benzene rings is 1. The molecule has 0 aliphatic heterocycles. The number of para-hydroxylation sites is 1. The smallest absolute Gasteiger partial charge is 0.250 e. The van der Waals surface area contributed by atoms with Crippen molar-refractivity contribution in [2.24, 2.45) is 11.7 Å². The van der Waals surface area contributed by atoms with Crippen molar-refractivity contribution in [3.8, 4) is 0 Å². The number of primary amides is 1. The molecule has 1 aliphatic carbocycles. The number of amides is 2. The lowest BCUT2D eigenvalue weighted by Gasteiger charge is -2.21. The van der Waals surface area contributed by atoms with Crippen LogP contribution in [0.25, 0.3) is 0 Å². The Kier molecular flexibility index (Phi) is 3.97. The molecule has 2 rings (SSSR count). The lowest BCUT2D eigenvalue weighted by Crippen LogP contribution is -2.26. The molecule has 0 aromatic heterocycles. The molecule has 3 N–H and O–H groups in total. The first-order valence-electron chi connectivity index (χ1n) is 6.38. The molecule has 96 valence electrons. The molecule has 0 unspecified atom stereocenters. The molecule has 0 bridgehead atoms. The lowest BCUT2D eigenvalue weighted by atomic mass is 9.88. The minimum absolute atomic E-state index is 0.00315. The van der Waals surface area contributed by atoms with Gasteiger partial charge in [-0.2, -0.15) is 0 Å². The predicted molar refractivity (Wildman–Crippen MR) is 70.2 cm³/mol. The second-order valence-corrected chi connectivity index (χ2v) is 4.73. The van der Waals surface area contributed by atoms with Gasteiger partial charge in [0.15, 0.2) is 0 Å². The predicted octanol–water partition coefficient (Wildman–Crippen LogP) is 2.30. The molecule has 0 atom stereocenters. The van der Waals surface area contributed by atoms with E-state index < -0.39 is 5.91 Å². The zero-order chi connectivity index (χ0) is 13.0. The van der Waals surface area contributed by atoms with E-state index in [0.717, 1.165) is 25.7 Å². The second-order valence-electron chi connectivity index (χ2n) is 4.73. The van der Waals surface area contributed by atoms with E-state index in [1.165, 1.54) is 6.42 Å². The van der Waals surface area contributed by atoms with E-state index in [-0.39, 0.29) is 11.8 Å². The number of rotatable bonds is 3. The Balaban J connectivity index is 2.08. The summed E-state index contributed by atoms with van der Waals surface area (Å²) >= 11 is 0. The van der Waals surface area contributed by atoms with Crippen molar-refractivity contribution in [2.75, 3.05) is 5.32 Å². The number of nitrogens with two attached hydrogens (primary N) is 1. The highest BCUT2D eigenvalue weighted by Crippen LogP contribution is 2.25. The Morgan fingerprint density at radius 2 is 1.78 bits per heavy atom. The maximum absolute atomic E-state index is 12.1. The highest BCUT2D eigenvalue weighted by molar-refractivity contribution is 6.03. The number of hydrogen-bond donors (Lipinski definition) is 2. The summed E-state index contributed by atoms with van der Waals surface area (Å²) in [4.78, 5) is 23.3. The first kappa shape index (κ1) is 12.6. The molecule has 18 heavy (non-hydrogen) atoms. The fourth-order valence-corrected chi connectivity index (χ4v) is 2.41. The van der Waals surface area contributed by atoms with Crippen molar-refractivity contribution in [1.82, 2.24) is 0 Å². The van der Waals surface area contributed by atoms with E-state index in [0.29, 0.717) is 11.3 Å². The van der Waals surface area contributed by atoms with Crippen LogP contribution in [0.4, 0.5) is 5.69 Å². The van der Waals surface area contributed by atoms with Crippen LogP contribution in [-0.4, -0.2) is 11.8 Å². The van der Waals surface area contributed by atoms with Gasteiger partial charge in [-0.1, -0.05) is 31.4 Å². The van der Waals surface area contributed by atoms with E-state index in [2.05, 4.69) is 5.32 Å². The van der Waals surface area contributed by atoms with Crippen LogP contribution >= 0.6 is 0 Å². The van der Waals surface area contributed by atoms with Crippen molar-refractivity contribution in [3.05, 3.63) is 29.8 Å². The van der Waals surface area contributed by atoms with Crippen molar-refractivity contribution >= 4 is 17.5 Å². The van der Waals surface area contributed by atoms with Crippen LogP contribution < -0.4 is 11.1 Å². The van der Waals surface area contributed by atoms with Gasteiger partial charge in [-0.3, -0.25) is 9.59 Å². The van der Waals surface area contributed by atoms with E-state index >= 15 is 0 Å². The summed E-state index contributed by atoms with van der Waals surface area (Å²) in [6.07, 6.45) is 5.29. The third kappa shape index (κ3) is 2.88. The van der Waals surface area contributed by atoms with Gasteiger partial charge in [-0.05, 0) is 25.0 Å². The molecule has 4 nitrogen and oxygen atoms in total. The molecule has 1 aromatic carbocycles. The second kappa shape index (κ2) is 5.67. The minimum atomic E-state index is -0.519. The Labute approximate surface area is 107 Å². The van der Waals surface area contributed by atoms with Crippen molar-refractivity contribution in [2.45, 2.75) is 32.1 Å². The summed E-state index contributed by atoms with van der Waals surface area (Å²) in [6.45, 7) is 0. The van der Waals surface area contributed by atoms with Gasteiger partial charge in [0.1, 0.15) is 0 Å². The molecule has 1 fully saturated rings. The number of carbonyl (C=O) groups excluding carboxylic acids is 2. The molecule has 0 radical (unpaired) electrons. The number of nitrogens with one attached hydrogen (secondary N) is 1. The fourth-order valence-electron chi connectivity index (χ4n) is 2.41. The molecular weight excluding hydrogens is 228 g/mol. The third-order valence-electron chi connectivity index (χ3n) is 3.43. The maximum atomic E-state index is 12.1. The highest BCUT2D eigenvalue weighted by Gasteiger charge is 2.22. The molecule has 1 saturated carbocycles. The summed E-state index contributed by atoms with van der Waals surface area (Å²) in [6, 6.07) is 6.85. The zero-order valence-electron chi connectivity index (χ0n) is 10.3. The molecular formula is C14H18N2O2. The van der Waals surface area contributed by atoms with E-state index in [1.54, 1.807) is 24.3 Å². The number of hydrogen-bond acceptors (Lipinski definition) is 2. The maximum Gasteiger partial charge on any atom is 0.250 e. The zero-order valence-corrected chi connectivity index (χ0v) is 10.3. The topological polar surface area (TPSA) is 72.2 Å². The summed E-state index contributed by atoms with van der Waals surface area (Å²) in [7, 11) is 0. The van der Waals surface area contributed by atoms with Gasteiger partial charge in [0.25, 0.3) is 5.91 Å². The molecule has 1 aromatic rings. The standard InChI is InChI=1S/C14H18N2O2/c15-13(17)11-8-4-5-9-12(11)16-14(18)10-6-2-1-3-7-10/h4-5,8-10H,1-3,6-7H2,(H2,15,17)(H,16,18). The van der Waals surface area contributed by atoms with Gasteiger partial charge in [-0.15, -0.1) is 0 Å². The number of anilines is 1. The van der Waals surface area contributed by atoms with Gasteiger partial charge in [0, 0.05) is 5.92 Å².